The van der Waals surface area contributed by atoms with Crippen LogP contribution in [0.2, 0.25) is 0 Å². The molecule has 0 saturated carbocycles. The quantitative estimate of drug-likeness (QED) is 0.786. The maximum atomic E-state index is 13.7. The van der Waals surface area contributed by atoms with E-state index in [2.05, 4.69) is 15.9 Å². The standard InChI is InChI=1S/C15H10BrFO3/c16-11-8-14-13(19-5-6-20-14)7-10(11)15(18)9-3-1-2-4-12(9)17/h1-4,7-8H,5-6H2. The monoisotopic (exact) mass is 336 g/mol. The molecule has 0 aromatic heterocycles. The molecule has 0 bridgehead atoms. The van der Waals surface area contributed by atoms with Crippen LogP contribution < -0.4 is 9.47 Å². The third-order valence-electron chi connectivity index (χ3n) is 2.99. The summed E-state index contributed by atoms with van der Waals surface area (Å²) in [4.78, 5) is 12.4. The summed E-state index contributed by atoms with van der Waals surface area (Å²) in [5.74, 6) is 0.138. The van der Waals surface area contributed by atoms with E-state index in [9.17, 15) is 9.18 Å². The highest BCUT2D eigenvalue weighted by Crippen LogP contribution is 2.36. The zero-order valence-corrected chi connectivity index (χ0v) is 11.9. The average Bonchev–Trinajstić information content (AvgIpc) is 2.46. The number of fused-ring (bicyclic) bond motifs is 1. The molecule has 3 nitrogen and oxygen atoms in total. The Balaban J connectivity index is 2.06. The number of carbonyl (C=O) groups excluding carboxylic acids is 1. The van der Waals surface area contributed by atoms with Gasteiger partial charge in [-0.3, -0.25) is 4.79 Å². The summed E-state index contributed by atoms with van der Waals surface area (Å²) in [5, 5.41) is 0. The fourth-order valence-corrected chi connectivity index (χ4v) is 2.53. The molecule has 0 unspecified atom stereocenters. The van der Waals surface area contributed by atoms with E-state index in [0.717, 1.165) is 0 Å². The summed E-state index contributed by atoms with van der Waals surface area (Å²) in [6.45, 7) is 0.905. The third kappa shape index (κ3) is 2.29. The van der Waals surface area contributed by atoms with Crippen molar-refractivity contribution >= 4 is 21.7 Å². The summed E-state index contributed by atoms with van der Waals surface area (Å²) in [7, 11) is 0. The largest absolute Gasteiger partial charge is 0.486 e. The number of carbonyl (C=O) groups is 1. The average molecular weight is 337 g/mol. The van der Waals surface area contributed by atoms with Gasteiger partial charge in [-0.1, -0.05) is 12.1 Å². The van der Waals surface area contributed by atoms with Crippen molar-refractivity contribution in [2.45, 2.75) is 0 Å². The highest BCUT2D eigenvalue weighted by atomic mass is 79.9. The van der Waals surface area contributed by atoms with Crippen molar-refractivity contribution in [2.75, 3.05) is 13.2 Å². The molecule has 102 valence electrons. The summed E-state index contributed by atoms with van der Waals surface area (Å²) < 4.78 is 25.1. The van der Waals surface area contributed by atoms with Crippen LogP contribution in [-0.2, 0) is 0 Å². The highest BCUT2D eigenvalue weighted by molar-refractivity contribution is 9.10. The van der Waals surface area contributed by atoms with Crippen molar-refractivity contribution in [3.63, 3.8) is 0 Å². The summed E-state index contributed by atoms with van der Waals surface area (Å²) >= 11 is 3.32. The van der Waals surface area contributed by atoms with Gasteiger partial charge >= 0.3 is 0 Å². The third-order valence-corrected chi connectivity index (χ3v) is 3.65. The van der Waals surface area contributed by atoms with E-state index in [1.807, 2.05) is 0 Å². The van der Waals surface area contributed by atoms with E-state index in [0.29, 0.717) is 34.7 Å². The van der Waals surface area contributed by atoms with Crippen LogP contribution in [0, 0.1) is 5.82 Å². The lowest BCUT2D eigenvalue weighted by Gasteiger charge is -2.19. The van der Waals surface area contributed by atoms with E-state index >= 15 is 0 Å². The van der Waals surface area contributed by atoms with Crippen molar-refractivity contribution in [3.8, 4) is 11.5 Å². The topological polar surface area (TPSA) is 35.5 Å². The van der Waals surface area contributed by atoms with Crippen LogP contribution in [0.25, 0.3) is 0 Å². The molecule has 0 atom stereocenters. The minimum Gasteiger partial charge on any atom is -0.486 e. The lowest BCUT2D eigenvalue weighted by molar-refractivity contribution is 0.103. The van der Waals surface area contributed by atoms with Crippen LogP contribution in [0.5, 0.6) is 11.5 Å². The van der Waals surface area contributed by atoms with Gasteiger partial charge in [0.1, 0.15) is 19.0 Å². The first-order valence-electron chi connectivity index (χ1n) is 6.05. The fraction of sp³-hybridized carbons (Fsp3) is 0.133. The van der Waals surface area contributed by atoms with Crippen LogP contribution in [0.15, 0.2) is 40.9 Å². The summed E-state index contributed by atoms with van der Waals surface area (Å²) in [5.41, 5.74) is 0.379. The number of benzene rings is 2. The predicted molar refractivity (Wildman–Crippen MR) is 75.0 cm³/mol. The van der Waals surface area contributed by atoms with Gasteiger partial charge in [0.05, 0.1) is 5.56 Å². The van der Waals surface area contributed by atoms with Gasteiger partial charge in [0.25, 0.3) is 0 Å². The van der Waals surface area contributed by atoms with Crippen molar-refractivity contribution in [1.29, 1.82) is 0 Å². The molecule has 3 rings (SSSR count). The number of rotatable bonds is 2. The van der Waals surface area contributed by atoms with Crippen LogP contribution in [0.1, 0.15) is 15.9 Å². The summed E-state index contributed by atoms with van der Waals surface area (Å²) in [6, 6.07) is 9.14. The second-order valence-electron chi connectivity index (χ2n) is 4.28. The molecule has 0 N–H and O–H groups in total. The molecule has 20 heavy (non-hydrogen) atoms. The molecule has 2 aromatic rings. The van der Waals surface area contributed by atoms with Crippen molar-refractivity contribution in [2.24, 2.45) is 0 Å². The molecule has 0 spiro atoms. The Morgan fingerprint density at radius 2 is 1.70 bits per heavy atom. The first-order valence-corrected chi connectivity index (χ1v) is 6.84. The smallest absolute Gasteiger partial charge is 0.197 e. The van der Waals surface area contributed by atoms with Crippen molar-refractivity contribution < 1.29 is 18.7 Å². The number of ether oxygens (including phenoxy) is 2. The molecular formula is C15H10BrFO3. The van der Waals surface area contributed by atoms with Gasteiger partial charge in [-0.25, -0.2) is 4.39 Å². The van der Waals surface area contributed by atoms with Crippen molar-refractivity contribution in [3.05, 3.63) is 57.8 Å². The van der Waals surface area contributed by atoms with Crippen LogP contribution >= 0.6 is 15.9 Å². The Labute approximate surface area is 123 Å². The van der Waals surface area contributed by atoms with Gasteiger partial charge in [0.15, 0.2) is 17.3 Å². The molecule has 0 aliphatic carbocycles. The van der Waals surface area contributed by atoms with Crippen LogP contribution in [0.3, 0.4) is 0 Å². The highest BCUT2D eigenvalue weighted by Gasteiger charge is 2.21. The number of ketones is 1. The maximum absolute atomic E-state index is 13.7. The molecule has 0 radical (unpaired) electrons. The number of hydrogen-bond acceptors (Lipinski definition) is 3. The van der Waals surface area contributed by atoms with Crippen LogP contribution in [0.4, 0.5) is 4.39 Å². The molecule has 0 amide bonds. The molecule has 1 aliphatic heterocycles. The molecule has 2 aromatic carbocycles. The number of hydrogen-bond donors (Lipinski definition) is 0. The molecule has 0 saturated heterocycles. The van der Waals surface area contributed by atoms with E-state index in [4.69, 9.17) is 9.47 Å². The van der Waals surface area contributed by atoms with Gasteiger partial charge in [0.2, 0.25) is 0 Å². The predicted octanol–water partition coefficient (Wildman–Crippen LogP) is 3.59. The lowest BCUT2D eigenvalue weighted by Crippen LogP contribution is -2.16. The Bertz CT molecular complexity index is 685. The Hall–Kier alpha value is -1.88. The van der Waals surface area contributed by atoms with Gasteiger partial charge in [0, 0.05) is 10.0 Å². The molecular weight excluding hydrogens is 327 g/mol. The fourth-order valence-electron chi connectivity index (χ4n) is 2.03. The zero-order valence-electron chi connectivity index (χ0n) is 10.4. The first-order chi connectivity index (χ1) is 9.66. The molecule has 5 heteroatoms. The van der Waals surface area contributed by atoms with E-state index < -0.39 is 11.6 Å². The molecule has 1 aliphatic rings. The zero-order chi connectivity index (χ0) is 14.1. The van der Waals surface area contributed by atoms with Gasteiger partial charge in [-0.15, -0.1) is 0 Å². The minimum atomic E-state index is -0.542. The second kappa shape index (κ2) is 5.25. The Kier molecular flexibility index (Phi) is 3.44. The summed E-state index contributed by atoms with van der Waals surface area (Å²) in [6.07, 6.45) is 0. The van der Waals surface area contributed by atoms with Crippen LogP contribution in [-0.4, -0.2) is 19.0 Å². The normalized spacial score (nSPS) is 13.1. The molecule has 0 fully saturated rings. The lowest BCUT2D eigenvalue weighted by atomic mass is 10.0. The SMILES string of the molecule is O=C(c1ccccc1F)c1cc2c(cc1Br)OCCO2. The van der Waals surface area contributed by atoms with Gasteiger partial charge in [-0.05, 0) is 40.2 Å². The number of halogens is 2. The van der Waals surface area contributed by atoms with E-state index in [1.54, 1.807) is 24.3 Å². The van der Waals surface area contributed by atoms with Gasteiger partial charge in [-0.2, -0.15) is 0 Å². The molecule has 1 heterocycles. The van der Waals surface area contributed by atoms with E-state index in [1.165, 1.54) is 12.1 Å². The Morgan fingerprint density at radius 1 is 1.05 bits per heavy atom. The first kappa shape index (κ1) is 13.1. The maximum Gasteiger partial charge on any atom is 0.197 e. The Morgan fingerprint density at radius 3 is 2.40 bits per heavy atom. The second-order valence-corrected chi connectivity index (χ2v) is 5.14. The van der Waals surface area contributed by atoms with Crippen molar-refractivity contribution in [1.82, 2.24) is 0 Å². The van der Waals surface area contributed by atoms with E-state index in [-0.39, 0.29) is 5.56 Å². The minimum absolute atomic E-state index is 0.0323. The van der Waals surface area contributed by atoms with Gasteiger partial charge < -0.3 is 9.47 Å².